The van der Waals surface area contributed by atoms with Crippen molar-refractivity contribution in [1.29, 1.82) is 0 Å². The van der Waals surface area contributed by atoms with E-state index >= 15 is 0 Å². The summed E-state index contributed by atoms with van der Waals surface area (Å²) in [7, 11) is 0. The summed E-state index contributed by atoms with van der Waals surface area (Å²) in [6, 6.07) is 0. The predicted octanol–water partition coefficient (Wildman–Crippen LogP) is 0.282. The molecule has 0 aromatic heterocycles. The lowest BCUT2D eigenvalue weighted by Gasteiger charge is -2.38. The molecule has 0 aromatic rings. The van der Waals surface area contributed by atoms with E-state index in [9.17, 15) is 14.7 Å². The van der Waals surface area contributed by atoms with Crippen LogP contribution >= 0.6 is 0 Å². The van der Waals surface area contributed by atoms with Crippen molar-refractivity contribution in [2.24, 2.45) is 5.41 Å². The Morgan fingerprint density at radius 2 is 2.47 bits per heavy atom. The number of rotatable bonds is 3. The third-order valence-corrected chi connectivity index (χ3v) is 3.50. The lowest BCUT2D eigenvalue weighted by molar-refractivity contribution is -0.151. The number of cyclic esters (lactones) is 1. The monoisotopic (exact) mass is 242 g/mol. The van der Waals surface area contributed by atoms with E-state index in [2.05, 4.69) is 10.2 Å². The lowest BCUT2D eigenvalue weighted by Crippen LogP contribution is -2.48. The molecule has 0 saturated carbocycles. The third kappa shape index (κ3) is 2.69. The van der Waals surface area contributed by atoms with Crippen molar-refractivity contribution >= 4 is 12.1 Å². The Morgan fingerprint density at radius 3 is 3.06 bits per heavy atom. The van der Waals surface area contributed by atoms with Gasteiger partial charge < -0.3 is 15.2 Å². The summed E-state index contributed by atoms with van der Waals surface area (Å²) < 4.78 is 5.05. The number of likely N-dealkylation sites (tertiary alicyclic amines) is 1. The summed E-state index contributed by atoms with van der Waals surface area (Å²) in [5.74, 6) is -0.747. The second kappa shape index (κ2) is 4.52. The summed E-state index contributed by atoms with van der Waals surface area (Å²) in [4.78, 5) is 24.1. The van der Waals surface area contributed by atoms with Crippen molar-refractivity contribution in [1.82, 2.24) is 10.2 Å². The maximum Gasteiger partial charge on any atom is 0.407 e. The number of amides is 1. The molecule has 0 aliphatic carbocycles. The van der Waals surface area contributed by atoms with Crippen LogP contribution in [-0.2, 0) is 9.53 Å². The average Bonchev–Trinajstić information content (AvgIpc) is 2.64. The van der Waals surface area contributed by atoms with Crippen molar-refractivity contribution in [3.63, 3.8) is 0 Å². The number of nitrogens with zero attached hydrogens (tertiary/aromatic N) is 1. The van der Waals surface area contributed by atoms with Gasteiger partial charge in [-0.3, -0.25) is 9.69 Å². The van der Waals surface area contributed by atoms with E-state index in [1.807, 2.05) is 0 Å². The summed E-state index contributed by atoms with van der Waals surface area (Å²) in [6.07, 6.45) is 1.05. The van der Waals surface area contributed by atoms with Gasteiger partial charge in [-0.15, -0.1) is 0 Å². The van der Waals surface area contributed by atoms with E-state index in [1.54, 1.807) is 6.92 Å². The van der Waals surface area contributed by atoms with E-state index in [0.29, 0.717) is 26.1 Å². The Hall–Kier alpha value is -1.30. The molecule has 2 fully saturated rings. The molecular formula is C11H18N2O4. The van der Waals surface area contributed by atoms with Crippen LogP contribution in [0.25, 0.3) is 0 Å². The molecule has 2 saturated heterocycles. The summed E-state index contributed by atoms with van der Waals surface area (Å²) in [5, 5.41) is 11.8. The summed E-state index contributed by atoms with van der Waals surface area (Å²) in [6.45, 7) is 4.30. The fourth-order valence-electron chi connectivity index (χ4n) is 2.50. The van der Waals surface area contributed by atoms with E-state index in [1.165, 1.54) is 0 Å². The number of carbonyl (C=O) groups is 2. The lowest BCUT2D eigenvalue weighted by atomic mass is 9.82. The van der Waals surface area contributed by atoms with Crippen molar-refractivity contribution in [3.8, 4) is 0 Å². The minimum Gasteiger partial charge on any atom is -0.481 e. The largest absolute Gasteiger partial charge is 0.481 e. The maximum absolute atomic E-state index is 11.2. The van der Waals surface area contributed by atoms with Gasteiger partial charge in [-0.05, 0) is 26.3 Å². The Labute approximate surface area is 99.9 Å². The minimum absolute atomic E-state index is 0.154. The van der Waals surface area contributed by atoms with Gasteiger partial charge in [0, 0.05) is 13.1 Å². The molecule has 6 nitrogen and oxygen atoms in total. The molecule has 2 aliphatic heterocycles. The Bertz CT molecular complexity index is 333. The molecule has 2 aliphatic rings. The molecule has 2 heterocycles. The number of hydrogen-bond donors (Lipinski definition) is 2. The molecule has 0 spiro atoms. The molecule has 0 aromatic carbocycles. The number of ether oxygens (including phenoxy) is 1. The highest BCUT2D eigenvalue weighted by molar-refractivity contribution is 5.74. The van der Waals surface area contributed by atoms with Gasteiger partial charge in [0.1, 0.15) is 6.10 Å². The second-order valence-corrected chi connectivity index (χ2v) is 5.11. The fraction of sp³-hybridized carbons (Fsp3) is 0.818. The highest BCUT2D eigenvalue weighted by Gasteiger charge is 2.39. The Balaban J connectivity index is 1.89. The number of carboxylic acid groups (broad SMARTS) is 1. The molecule has 96 valence electrons. The van der Waals surface area contributed by atoms with Gasteiger partial charge in [0.15, 0.2) is 0 Å². The first-order valence-electron chi connectivity index (χ1n) is 5.90. The SMILES string of the molecule is CC1(C(=O)O)CCCN(CC2CNC(=O)O2)C1. The minimum atomic E-state index is -0.747. The smallest absolute Gasteiger partial charge is 0.407 e. The van der Waals surface area contributed by atoms with E-state index in [-0.39, 0.29) is 12.2 Å². The van der Waals surface area contributed by atoms with Gasteiger partial charge in [0.05, 0.1) is 12.0 Å². The number of aliphatic carboxylic acids is 1. The van der Waals surface area contributed by atoms with Crippen LogP contribution in [0, 0.1) is 5.41 Å². The number of alkyl carbamates (subject to hydrolysis) is 1. The number of carboxylic acids is 1. The standard InChI is InChI=1S/C11H18N2O4/c1-11(9(14)15)3-2-4-13(7-11)6-8-5-12-10(16)17-8/h8H,2-7H2,1H3,(H,12,16)(H,14,15). The quantitative estimate of drug-likeness (QED) is 0.743. The van der Waals surface area contributed by atoms with E-state index in [4.69, 9.17) is 4.74 Å². The van der Waals surface area contributed by atoms with Crippen LogP contribution in [0.4, 0.5) is 4.79 Å². The molecule has 6 heteroatoms. The van der Waals surface area contributed by atoms with Gasteiger partial charge >= 0.3 is 12.1 Å². The first kappa shape index (κ1) is 12.2. The molecular weight excluding hydrogens is 224 g/mol. The van der Waals surface area contributed by atoms with Crippen LogP contribution < -0.4 is 5.32 Å². The Kier molecular flexibility index (Phi) is 3.24. The molecule has 2 atom stereocenters. The molecule has 2 rings (SSSR count). The van der Waals surface area contributed by atoms with Gasteiger partial charge in [-0.25, -0.2) is 4.79 Å². The van der Waals surface area contributed by atoms with Gasteiger partial charge in [-0.1, -0.05) is 0 Å². The molecule has 17 heavy (non-hydrogen) atoms. The van der Waals surface area contributed by atoms with E-state index < -0.39 is 11.4 Å². The summed E-state index contributed by atoms with van der Waals surface area (Å²) >= 11 is 0. The third-order valence-electron chi connectivity index (χ3n) is 3.50. The number of carbonyl (C=O) groups excluding carboxylic acids is 1. The van der Waals surface area contributed by atoms with Crippen molar-refractivity contribution < 1.29 is 19.4 Å². The van der Waals surface area contributed by atoms with Crippen molar-refractivity contribution in [2.75, 3.05) is 26.2 Å². The van der Waals surface area contributed by atoms with Crippen LogP contribution in [-0.4, -0.2) is 54.4 Å². The number of hydrogen-bond acceptors (Lipinski definition) is 4. The zero-order valence-corrected chi connectivity index (χ0v) is 9.94. The summed E-state index contributed by atoms with van der Waals surface area (Å²) in [5.41, 5.74) is -0.672. The number of piperidine rings is 1. The highest BCUT2D eigenvalue weighted by Crippen LogP contribution is 2.29. The van der Waals surface area contributed by atoms with E-state index in [0.717, 1.165) is 13.0 Å². The zero-order chi connectivity index (χ0) is 12.5. The zero-order valence-electron chi connectivity index (χ0n) is 9.94. The first-order chi connectivity index (χ1) is 7.99. The van der Waals surface area contributed by atoms with Crippen LogP contribution in [0.1, 0.15) is 19.8 Å². The molecule has 2 N–H and O–H groups in total. The van der Waals surface area contributed by atoms with Crippen molar-refractivity contribution in [3.05, 3.63) is 0 Å². The molecule has 0 bridgehead atoms. The van der Waals surface area contributed by atoms with Crippen molar-refractivity contribution in [2.45, 2.75) is 25.9 Å². The first-order valence-corrected chi connectivity index (χ1v) is 5.90. The molecule has 1 amide bonds. The molecule has 0 radical (unpaired) electrons. The molecule has 2 unspecified atom stereocenters. The normalized spacial score (nSPS) is 34.2. The van der Waals surface area contributed by atoms with Crippen LogP contribution in [0.15, 0.2) is 0 Å². The second-order valence-electron chi connectivity index (χ2n) is 5.11. The average molecular weight is 242 g/mol. The number of nitrogens with one attached hydrogen (secondary N) is 1. The Morgan fingerprint density at radius 1 is 1.71 bits per heavy atom. The topological polar surface area (TPSA) is 78.9 Å². The van der Waals surface area contributed by atoms with Gasteiger partial charge in [-0.2, -0.15) is 0 Å². The van der Waals surface area contributed by atoms with Gasteiger partial charge in [0.25, 0.3) is 0 Å². The predicted molar refractivity (Wildman–Crippen MR) is 59.7 cm³/mol. The maximum atomic E-state index is 11.2. The highest BCUT2D eigenvalue weighted by atomic mass is 16.6. The van der Waals surface area contributed by atoms with Crippen LogP contribution in [0.2, 0.25) is 0 Å². The van der Waals surface area contributed by atoms with Crippen LogP contribution in [0.3, 0.4) is 0 Å². The van der Waals surface area contributed by atoms with Gasteiger partial charge in [0.2, 0.25) is 0 Å². The van der Waals surface area contributed by atoms with Crippen LogP contribution in [0.5, 0.6) is 0 Å². The fourth-order valence-corrected chi connectivity index (χ4v) is 2.50.